The first-order valence-corrected chi connectivity index (χ1v) is 13.1. The van der Waals surface area contributed by atoms with Crippen LogP contribution in [0.1, 0.15) is 74.7 Å². The van der Waals surface area contributed by atoms with E-state index in [1.165, 1.54) is 18.6 Å². The molecular formula is C31H34N5NiO2. The van der Waals surface area contributed by atoms with Crippen molar-refractivity contribution in [3.8, 4) is 11.3 Å². The van der Waals surface area contributed by atoms with Crippen LogP contribution in [-0.2, 0) is 34.1 Å². The summed E-state index contributed by atoms with van der Waals surface area (Å²) in [5.41, 5.74) is 10.9. The molecule has 0 bridgehead atoms. The second-order valence-electron chi connectivity index (χ2n) is 9.65. The van der Waals surface area contributed by atoms with E-state index in [1.54, 1.807) is 6.20 Å². The number of ketones is 1. The summed E-state index contributed by atoms with van der Waals surface area (Å²) in [6.07, 6.45) is 9.73. The fourth-order valence-corrected chi connectivity index (χ4v) is 5.08. The van der Waals surface area contributed by atoms with Gasteiger partial charge in [-0.05, 0) is 65.0 Å². The normalized spacial score (nSPS) is 15.4. The van der Waals surface area contributed by atoms with E-state index < -0.39 is 0 Å². The van der Waals surface area contributed by atoms with Gasteiger partial charge in [0, 0.05) is 5.56 Å². The summed E-state index contributed by atoms with van der Waals surface area (Å²) in [7, 11) is 0. The van der Waals surface area contributed by atoms with Gasteiger partial charge in [0.2, 0.25) is 0 Å². The standard InChI is InChI=1S/C31H34N5O2.Ni/c1-9-21-16(4)26(12-25(32)19(7)37)34-29(21)14-30-22(10-2)17(5)27(35-30)13-28-18(6)23(11-3)31(36-28)24-15-33-38-20(24)8;/h12-15H,9-11H2,1-8H3;/q-3;+3. The summed E-state index contributed by atoms with van der Waals surface area (Å²) >= 11 is 0. The van der Waals surface area contributed by atoms with Gasteiger partial charge in [-0.1, -0.05) is 66.4 Å². The number of allylic oxidation sites excluding steroid dienone is 2. The summed E-state index contributed by atoms with van der Waals surface area (Å²) in [5, 5.41) is 15.4. The topological polar surface area (TPSA) is 106 Å². The molecule has 0 amide bonds. The molecule has 39 heavy (non-hydrogen) atoms. The maximum atomic E-state index is 11.6. The van der Waals surface area contributed by atoms with E-state index in [0.29, 0.717) is 5.35 Å². The Hall–Kier alpha value is -3.51. The van der Waals surface area contributed by atoms with Gasteiger partial charge in [-0.25, -0.2) is 4.99 Å². The molecule has 4 rings (SSSR count). The van der Waals surface area contributed by atoms with Gasteiger partial charge in [0.15, 0.2) is 0 Å². The number of aliphatic imine (C=N–C) groups is 1. The summed E-state index contributed by atoms with van der Waals surface area (Å²) in [6.45, 7) is 15.7. The van der Waals surface area contributed by atoms with Crippen molar-refractivity contribution in [3.05, 3.63) is 72.9 Å². The first kappa shape index (κ1) is 30.0. The molecule has 0 aromatic carbocycles. The summed E-state index contributed by atoms with van der Waals surface area (Å²) in [4.78, 5) is 26.3. The number of aromatic nitrogens is 3. The zero-order chi connectivity index (χ0) is 27.7. The number of Topliss-reactive ketones (excluding diaryl/α,β-unsaturated/α-hetero) is 1. The van der Waals surface area contributed by atoms with Crippen LogP contribution in [-0.4, -0.2) is 22.4 Å². The summed E-state index contributed by atoms with van der Waals surface area (Å²) in [5.74, 6) is 0.370. The fraction of sp³-hybridized carbons (Fsp3) is 0.355. The maximum absolute atomic E-state index is 11.6. The van der Waals surface area contributed by atoms with Crippen molar-refractivity contribution < 1.29 is 25.8 Å². The third-order valence-electron chi connectivity index (χ3n) is 7.38. The SMILES string of the molecule is CCC1=C(C)C(=Cc2[n-]c(-c3cnoc3C)c(CC)c2C)N=C1/C=c1\[n-]/c(=C\C(=[N-])C(C)=O)c(C)c1CC.[Ni+3]. The third kappa shape index (κ3) is 5.62. The minimum absolute atomic E-state index is 0. The number of hydrogen-bond acceptors (Lipinski definition) is 4. The van der Waals surface area contributed by atoms with E-state index in [9.17, 15) is 10.2 Å². The largest absolute Gasteiger partial charge is 3.00 e. The molecule has 205 valence electrons. The summed E-state index contributed by atoms with van der Waals surface area (Å²) < 4.78 is 5.30. The van der Waals surface area contributed by atoms with Crippen molar-refractivity contribution >= 4 is 35.4 Å². The smallest absolute Gasteiger partial charge is 0.801 e. The number of aryl methyl sites for hydroxylation is 1. The van der Waals surface area contributed by atoms with Crippen LogP contribution < -0.4 is 20.7 Å². The van der Waals surface area contributed by atoms with E-state index in [0.717, 1.165) is 86.6 Å². The monoisotopic (exact) mass is 566 g/mol. The van der Waals surface area contributed by atoms with Gasteiger partial charge in [-0.15, -0.1) is 27.8 Å². The van der Waals surface area contributed by atoms with E-state index in [4.69, 9.17) is 19.5 Å². The molecule has 0 atom stereocenters. The number of carbonyl (C=O) groups excluding carboxylic acids is 1. The molecule has 0 unspecified atom stereocenters. The van der Waals surface area contributed by atoms with Gasteiger partial charge in [0.05, 0.1) is 17.6 Å². The molecule has 4 heterocycles. The minimum Gasteiger partial charge on any atom is -0.801 e. The molecule has 3 aromatic rings. The zero-order valence-corrected chi connectivity index (χ0v) is 24.8. The Balaban J connectivity index is 0.00000420. The molecule has 8 heteroatoms. The molecule has 0 saturated heterocycles. The molecule has 0 aliphatic carbocycles. The van der Waals surface area contributed by atoms with Crippen LogP contribution in [0.5, 0.6) is 0 Å². The molecule has 0 spiro atoms. The molecule has 1 aliphatic rings. The van der Waals surface area contributed by atoms with Gasteiger partial charge in [-0.3, -0.25) is 4.79 Å². The van der Waals surface area contributed by atoms with Crippen LogP contribution in [0, 0.1) is 20.8 Å². The van der Waals surface area contributed by atoms with Crippen LogP contribution in [0.2, 0.25) is 0 Å². The van der Waals surface area contributed by atoms with E-state index in [1.807, 2.05) is 19.9 Å². The average molecular weight is 567 g/mol. The molecule has 1 radical (unpaired) electrons. The van der Waals surface area contributed by atoms with E-state index >= 15 is 0 Å². The predicted octanol–water partition coefficient (Wildman–Crippen LogP) is 4.69. The van der Waals surface area contributed by atoms with Crippen molar-refractivity contribution in [3.63, 3.8) is 0 Å². The first-order valence-electron chi connectivity index (χ1n) is 13.1. The van der Waals surface area contributed by atoms with Gasteiger partial charge >= 0.3 is 16.5 Å². The molecule has 0 fully saturated rings. The van der Waals surface area contributed by atoms with Crippen LogP contribution in [0.4, 0.5) is 0 Å². The molecule has 7 nitrogen and oxygen atoms in total. The van der Waals surface area contributed by atoms with Crippen LogP contribution in [0.25, 0.3) is 34.9 Å². The Morgan fingerprint density at radius 3 is 2.23 bits per heavy atom. The maximum Gasteiger partial charge on any atom is 3.00 e. The Kier molecular flexibility index (Phi) is 9.34. The van der Waals surface area contributed by atoms with Crippen LogP contribution in [0.15, 0.2) is 32.6 Å². The molecule has 1 aliphatic heterocycles. The average Bonchev–Trinajstić information content (AvgIpc) is 3.60. The zero-order valence-electron chi connectivity index (χ0n) is 23.8. The summed E-state index contributed by atoms with van der Waals surface area (Å²) in [6, 6.07) is 0. The van der Waals surface area contributed by atoms with Gasteiger partial charge < -0.3 is 19.9 Å². The van der Waals surface area contributed by atoms with Crippen LogP contribution in [0.3, 0.4) is 0 Å². The molecule has 0 saturated carbocycles. The van der Waals surface area contributed by atoms with Crippen molar-refractivity contribution in [1.29, 1.82) is 0 Å². The third-order valence-corrected chi connectivity index (χ3v) is 7.38. The van der Waals surface area contributed by atoms with Crippen molar-refractivity contribution in [2.45, 2.75) is 74.7 Å². The number of rotatable bonds is 8. The van der Waals surface area contributed by atoms with E-state index in [-0.39, 0.29) is 28.0 Å². The van der Waals surface area contributed by atoms with Crippen LogP contribution >= 0.6 is 0 Å². The number of carbonyl (C=O) groups is 1. The van der Waals surface area contributed by atoms with Gasteiger partial charge in [-0.2, -0.15) is 0 Å². The van der Waals surface area contributed by atoms with Crippen molar-refractivity contribution in [1.82, 2.24) is 15.1 Å². The Morgan fingerprint density at radius 1 is 0.974 bits per heavy atom. The second kappa shape index (κ2) is 12.1. The van der Waals surface area contributed by atoms with Crippen molar-refractivity contribution in [2.24, 2.45) is 4.99 Å². The Bertz CT molecular complexity index is 1660. The van der Waals surface area contributed by atoms with E-state index in [2.05, 4.69) is 45.9 Å². The second-order valence-corrected chi connectivity index (χ2v) is 9.65. The first-order chi connectivity index (χ1) is 18.1. The minimum atomic E-state index is -0.386. The predicted molar refractivity (Wildman–Crippen MR) is 154 cm³/mol. The van der Waals surface area contributed by atoms with Crippen molar-refractivity contribution in [2.75, 3.05) is 0 Å². The van der Waals surface area contributed by atoms with Gasteiger partial charge in [0.25, 0.3) is 0 Å². The molecule has 3 aromatic heterocycles. The molecule has 0 N–H and O–H groups in total. The number of nitrogens with zero attached hydrogens (tertiary/aromatic N) is 5. The van der Waals surface area contributed by atoms with Gasteiger partial charge in [0.1, 0.15) is 11.5 Å². The Labute approximate surface area is 239 Å². The quantitative estimate of drug-likeness (QED) is 0.290. The fourth-order valence-electron chi connectivity index (χ4n) is 5.08. The number of hydrogen-bond donors (Lipinski definition) is 0. The Morgan fingerprint density at radius 2 is 1.67 bits per heavy atom. The molecular weight excluding hydrogens is 533 g/mol.